The first-order chi connectivity index (χ1) is 20.4. The Kier molecular flexibility index (Phi) is 10.1. The predicted octanol–water partition coefficient (Wildman–Crippen LogP) is 2.21. The van der Waals surface area contributed by atoms with Crippen LogP contribution in [-0.2, 0) is 34.6 Å². The van der Waals surface area contributed by atoms with Crippen molar-refractivity contribution in [3.05, 3.63) is 90.9 Å². The molecule has 6 atom stereocenters. The standard InChI is InChI=1S/C30H34N3O9P/c1-5-30(37)27(35)25(41-29(30)33-17-16-26(34)31-21(33)4)19-39-43(38,42-23-14-10-7-11-15-23)32-24(28(36)40-20(2)3)18-22-12-8-6-9-13-22/h1,6-17,20,24-25,27,29,35,37H,4,18-19H2,2-3H3,(H,31,34)(H,32,38)/t24-,25+,27+,29+,30+,43?/m0/s1. The number of aliphatic hydroxyl groups is 2. The summed E-state index contributed by atoms with van der Waals surface area (Å²) in [6.45, 7) is 6.51. The lowest BCUT2D eigenvalue weighted by Gasteiger charge is -2.36. The zero-order valence-electron chi connectivity index (χ0n) is 23.7. The fraction of sp³-hybridized carbons (Fsp3) is 0.333. The number of terminal acetylenes is 1. The van der Waals surface area contributed by atoms with Crippen LogP contribution in [0.15, 0.2) is 85.3 Å². The fourth-order valence-electron chi connectivity index (χ4n) is 4.46. The number of carbonyl (C=O) groups is 2. The molecule has 1 saturated heterocycles. The zero-order valence-corrected chi connectivity index (χ0v) is 24.6. The average molecular weight is 612 g/mol. The van der Waals surface area contributed by atoms with Gasteiger partial charge in [-0.1, -0.05) is 61.0 Å². The van der Waals surface area contributed by atoms with Crippen LogP contribution in [0.1, 0.15) is 19.4 Å². The van der Waals surface area contributed by atoms with Crippen molar-refractivity contribution in [2.24, 2.45) is 0 Å². The topological polar surface area (TPSA) is 156 Å². The summed E-state index contributed by atoms with van der Waals surface area (Å²) in [7, 11) is -4.41. The molecule has 228 valence electrons. The first-order valence-electron chi connectivity index (χ1n) is 13.5. The zero-order chi connectivity index (χ0) is 31.2. The van der Waals surface area contributed by atoms with E-state index in [1.165, 1.54) is 17.2 Å². The highest BCUT2D eigenvalue weighted by molar-refractivity contribution is 7.52. The quantitative estimate of drug-likeness (QED) is 0.159. The van der Waals surface area contributed by atoms with Crippen molar-refractivity contribution >= 4 is 19.6 Å². The predicted molar refractivity (Wildman–Crippen MR) is 156 cm³/mol. The minimum absolute atomic E-state index is 0.0483. The van der Waals surface area contributed by atoms with Crippen LogP contribution in [0.3, 0.4) is 0 Å². The van der Waals surface area contributed by atoms with Gasteiger partial charge >= 0.3 is 13.7 Å². The molecule has 43 heavy (non-hydrogen) atoms. The molecule has 0 aromatic heterocycles. The first-order valence-corrected chi connectivity index (χ1v) is 15.0. The number of amides is 1. The van der Waals surface area contributed by atoms with E-state index in [0.29, 0.717) is 0 Å². The Morgan fingerprint density at radius 2 is 1.88 bits per heavy atom. The number of para-hydroxylation sites is 1. The van der Waals surface area contributed by atoms with E-state index in [1.54, 1.807) is 68.4 Å². The number of ether oxygens (including phenoxy) is 2. The van der Waals surface area contributed by atoms with E-state index in [0.717, 1.165) is 5.56 Å². The molecule has 13 heteroatoms. The van der Waals surface area contributed by atoms with Gasteiger partial charge in [0.2, 0.25) is 0 Å². The van der Waals surface area contributed by atoms with Crippen molar-refractivity contribution < 1.29 is 42.9 Å². The minimum atomic E-state index is -4.41. The van der Waals surface area contributed by atoms with Crippen molar-refractivity contribution in [1.82, 2.24) is 15.3 Å². The molecule has 4 rings (SSSR count). The van der Waals surface area contributed by atoms with Gasteiger partial charge in [-0.2, -0.15) is 5.09 Å². The summed E-state index contributed by atoms with van der Waals surface area (Å²) in [6, 6.07) is 16.0. The molecule has 0 spiro atoms. The second kappa shape index (κ2) is 13.6. The summed E-state index contributed by atoms with van der Waals surface area (Å²) in [5, 5.41) is 27.4. The largest absolute Gasteiger partial charge is 0.462 e. The Morgan fingerprint density at radius 1 is 1.23 bits per heavy atom. The normalized spacial score (nSPS) is 25.5. The van der Waals surface area contributed by atoms with Crippen LogP contribution in [0.2, 0.25) is 0 Å². The number of benzene rings is 2. The summed E-state index contributed by atoms with van der Waals surface area (Å²) < 4.78 is 37.0. The maximum Gasteiger partial charge on any atom is 0.459 e. The first kappa shape index (κ1) is 32.0. The van der Waals surface area contributed by atoms with Gasteiger partial charge in [-0.15, -0.1) is 6.42 Å². The van der Waals surface area contributed by atoms with Gasteiger partial charge < -0.3 is 34.4 Å². The van der Waals surface area contributed by atoms with Gasteiger partial charge in [-0.3, -0.25) is 14.1 Å². The molecule has 2 aliphatic heterocycles. The lowest BCUT2D eigenvalue weighted by Crippen LogP contribution is -2.54. The summed E-state index contributed by atoms with van der Waals surface area (Å²) in [4.78, 5) is 26.0. The molecule has 1 unspecified atom stereocenters. The lowest BCUT2D eigenvalue weighted by molar-refractivity contribution is -0.149. The number of nitrogens with one attached hydrogen (secondary N) is 2. The van der Waals surface area contributed by atoms with Gasteiger partial charge in [0.05, 0.1) is 12.7 Å². The van der Waals surface area contributed by atoms with E-state index >= 15 is 0 Å². The van der Waals surface area contributed by atoms with Crippen molar-refractivity contribution in [3.63, 3.8) is 0 Å². The Balaban J connectivity index is 1.59. The molecule has 0 aliphatic carbocycles. The number of aliphatic hydroxyl groups excluding tert-OH is 1. The summed E-state index contributed by atoms with van der Waals surface area (Å²) >= 11 is 0. The van der Waals surface area contributed by atoms with Gasteiger partial charge in [0.25, 0.3) is 5.91 Å². The molecule has 1 fully saturated rings. The van der Waals surface area contributed by atoms with E-state index in [4.69, 9.17) is 24.9 Å². The smallest absolute Gasteiger partial charge is 0.459 e. The molecule has 2 heterocycles. The van der Waals surface area contributed by atoms with Gasteiger partial charge in [0.1, 0.15) is 29.8 Å². The van der Waals surface area contributed by atoms with E-state index in [2.05, 4.69) is 22.9 Å². The summed E-state index contributed by atoms with van der Waals surface area (Å²) in [6.07, 6.45) is 3.26. The van der Waals surface area contributed by atoms with Crippen molar-refractivity contribution in [3.8, 4) is 18.1 Å². The van der Waals surface area contributed by atoms with Crippen LogP contribution in [0.5, 0.6) is 5.75 Å². The molecule has 2 aromatic rings. The number of hydrogen-bond acceptors (Lipinski definition) is 10. The third-order valence-corrected chi connectivity index (χ3v) is 8.11. The van der Waals surface area contributed by atoms with Gasteiger partial charge in [0, 0.05) is 12.3 Å². The Bertz CT molecular complexity index is 1430. The van der Waals surface area contributed by atoms with Crippen LogP contribution in [-0.4, -0.2) is 69.8 Å². The van der Waals surface area contributed by atoms with Crippen molar-refractivity contribution in [1.29, 1.82) is 0 Å². The summed E-state index contributed by atoms with van der Waals surface area (Å²) in [5.74, 6) is 1.23. The van der Waals surface area contributed by atoms with Gasteiger partial charge in [0.15, 0.2) is 11.8 Å². The van der Waals surface area contributed by atoms with Crippen LogP contribution >= 0.6 is 7.75 Å². The number of hydrogen-bond donors (Lipinski definition) is 4. The van der Waals surface area contributed by atoms with E-state index in [-0.39, 0.29) is 18.0 Å². The molecule has 2 aliphatic rings. The molecule has 12 nitrogen and oxygen atoms in total. The van der Waals surface area contributed by atoms with Gasteiger partial charge in [-0.05, 0) is 38.0 Å². The maximum atomic E-state index is 14.3. The maximum absolute atomic E-state index is 14.3. The highest BCUT2D eigenvalue weighted by Crippen LogP contribution is 2.46. The third kappa shape index (κ3) is 7.72. The molecule has 1 amide bonds. The second-order valence-electron chi connectivity index (χ2n) is 10.2. The Morgan fingerprint density at radius 3 is 2.49 bits per heavy atom. The highest BCUT2D eigenvalue weighted by atomic mass is 31.2. The molecule has 2 aromatic carbocycles. The molecule has 0 bridgehead atoms. The van der Waals surface area contributed by atoms with Crippen molar-refractivity contribution in [2.75, 3.05) is 6.61 Å². The highest BCUT2D eigenvalue weighted by Gasteiger charge is 2.57. The van der Waals surface area contributed by atoms with Gasteiger partial charge in [-0.25, -0.2) is 4.57 Å². The minimum Gasteiger partial charge on any atom is -0.462 e. The van der Waals surface area contributed by atoms with Crippen LogP contribution in [0.4, 0.5) is 0 Å². The summed E-state index contributed by atoms with van der Waals surface area (Å²) in [5.41, 5.74) is -1.52. The van der Waals surface area contributed by atoms with Crippen LogP contribution < -0.4 is 14.9 Å². The number of carbonyl (C=O) groups excluding carboxylic acids is 2. The number of rotatable bonds is 12. The monoisotopic (exact) mass is 611 g/mol. The lowest BCUT2D eigenvalue weighted by atomic mass is 9.94. The Labute approximate surface area is 249 Å². The second-order valence-corrected chi connectivity index (χ2v) is 11.8. The molecule has 0 radical (unpaired) electrons. The van der Waals surface area contributed by atoms with Crippen LogP contribution in [0.25, 0.3) is 0 Å². The third-order valence-electron chi connectivity index (χ3n) is 6.54. The molecule has 0 saturated carbocycles. The SMILES string of the molecule is C#C[C@@]1(O)[C@H](O)[C@@H](COP(=O)(N[C@@H](Cc2ccccc2)C(=O)OC(C)C)Oc2ccccc2)O[C@H]1N1C=CC(=O)NC1=C. The molecular formula is C30H34N3O9P. The fourth-order valence-corrected chi connectivity index (χ4v) is 5.96. The van der Waals surface area contributed by atoms with E-state index in [1.807, 2.05) is 6.07 Å². The molecule has 4 N–H and O–H groups in total. The Hall–Kier alpha value is -3.95. The number of nitrogens with zero attached hydrogens (tertiary/aromatic N) is 1. The van der Waals surface area contributed by atoms with E-state index in [9.17, 15) is 24.4 Å². The number of esters is 1. The molecular weight excluding hydrogens is 577 g/mol. The van der Waals surface area contributed by atoms with Crippen molar-refractivity contribution in [2.45, 2.75) is 56.5 Å². The van der Waals surface area contributed by atoms with Crippen LogP contribution in [0, 0.1) is 12.3 Å². The average Bonchev–Trinajstić information content (AvgIpc) is 3.22. The van der Waals surface area contributed by atoms with E-state index < -0.39 is 62.4 Å².